The van der Waals surface area contributed by atoms with Crippen LogP contribution in [0.1, 0.15) is 25.8 Å². The van der Waals surface area contributed by atoms with E-state index in [4.69, 9.17) is 0 Å². The first kappa shape index (κ1) is 11.3. The Morgan fingerprint density at radius 2 is 2.25 bits per heavy atom. The number of nitrogens with zero attached hydrogens (tertiary/aromatic N) is 1. The molecule has 0 atom stereocenters. The number of thiazole rings is 1. The van der Waals surface area contributed by atoms with Crippen molar-refractivity contribution in [2.75, 3.05) is 0 Å². The Bertz CT molecular complexity index is 502. The number of hydrogen-bond donors (Lipinski definition) is 1. The van der Waals surface area contributed by atoms with Gasteiger partial charge in [-0.1, -0.05) is 0 Å². The van der Waals surface area contributed by atoms with Crippen molar-refractivity contribution < 1.29 is 4.79 Å². The van der Waals surface area contributed by atoms with Crippen molar-refractivity contribution in [1.82, 2.24) is 10.3 Å². The SMILES string of the molecule is Cc1ccsc1CNC(=O)c1scnc1C. The van der Waals surface area contributed by atoms with E-state index in [2.05, 4.69) is 23.3 Å². The number of carbonyl (C=O) groups is 1. The van der Waals surface area contributed by atoms with Gasteiger partial charge in [-0.25, -0.2) is 4.98 Å². The zero-order valence-electron chi connectivity index (χ0n) is 9.11. The fourth-order valence-corrected chi connectivity index (χ4v) is 2.91. The van der Waals surface area contributed by atoms with Crippen molar-refractivity contribution in [3.8, 4) is 0 Å². The second-order valence-electron chi connectivity index (χ2n) is 3.48. The zero-order chi connectivity index (χ0) is 11.5. The second-order valence-corrected chi connectivity index (χ2v) is 5.33. The van der Waals surface area contributed by atoms with Crippen LogP contribution in [0.15, 0.2) is 17.0 Å². The van der Waals surface area contributed by atoms with E-state index in [1.807, 2.05) is 12.3 Å². The molecular formula is C11H12N2OS2. The topological polar surface area (TPSA) is 42.0 Å². The number of carbonyl (C=O) groups excluding carboxylic acids is 1. The molecule has 84 valence electrons. The van der Waals surface area contributed by atoms with E-state index < -0.39 is 0 Å². The smallest absolute Gasteiger partial charge is 0.263 e. The molecule has 0 aromatic carbocycles. The lowest BCUT2D eigenvalue weighted by Gasteiger charge is -2.03. The fraction of sp³-hybridized carbons (Fsp3) is 0.273. The molecular weight excluding hydrogens is 240 g/mol. The minimum absolute atomic E-state index is 0.0344. The van der Waals surface area contributed by atoms with Crippen LogP contribution in [0.2, 0.25) is 0 Å². The molecule has 0 fully saturated rings. The summed E-state index contributed by atoms with van der Waals surface area (Å²) in [6, 6.07) is 2.06. The highest BCUT2D eigenvalue weighted by atomic mass is 32.1. The largest absolute Gasteiger partial charge is 0.346 e. The van der Waals surface area contributed by atoms with Crippen LogP contribution in [-0.2, 0) is 6.54 Å². The molecule has 1 N–H and O–H groups in total. The highest BCUT2D eigenvalue weighted by molar-refractivity contribution is 7.12. The standard InChI is InChI=1S/C11H12N2OS2/c1-7-3-4-15-9(7)5-12-11(14)10-8(2)13-6-16-10/h3-4,6H,5H2,1-2H3,(H,12,14). The van der Waals surface area contributed by atoms with Crippen molar-refractivity contribution in [3.05, 3.63) is 38.0 Å². The molecule has 0 bridgehead atoms. The number of hydrogen-bond acceptors (Lipinski definition) is 4. The van der Waals surface area contributed by atoms with Crippen molar-refractivity contribution in [3.63, 3.8) is 0 Å². The van der Waals surface area contributed by atoms with E-state index in [0.29, 0.717) is 11.4 Å². The Balaban J connectivity index is 1.99. The van der Waals surface area contributed by atoms with Crippen LogP contribution < -0.4 is 5.32 Å². The summed E-state index contributed by atoms with van der Waals surface area (Å²) in [6.07, 6.45) is 0. The van der Waals surface area contributed by atoms with Gasteiger partial charge in [-0.15, -0.1) is 22.7 Å². The Morgan fingerprint density at radius 1 is 1.44 bits per heavy atom. The molecule has 3 nitrogen and oxygen atoms in total. The van der Waals surface area contributed by atoms with E-state index in [1.165, 1.54) is 21.8 Å². The Labute approximate surface area is 102 Å². The van der Waals surface area contributed by atoms with E-state index >= 15 is 0 Å². The first-order valence-electron chi connectivity index (χ1n) is 4.89. The Morgan fingerprint density at radius 3 is 2.81 bits per heavy atom. The molecule has 2 heterocycles. The minimum Gasteiger partial charge on any atom is -0.346 e. The maximum Gasteiger partial charge on any atom is 0.263 e. The Hall–Kier alpha value is -1.20. The molecule has 0 aliphatic heterocycles. The van der Waals surface area contributed by atoms with Gasteiger partial charge in [0, 0.05) is 4.88 Å². The summed E-state index contributed by atoms with van der Waals surface area (Å²) >= 11 is 3.05. The van der Waals surface area contributed by atoms with Gasteiger partial charge in [0.15, 0.2) is 0 Å². The van der Waals surface area contributed by atoms with Crippen molar-refractivity contribution in [2.45, 2.75) is 20.4 Å². The third-order valence-electron chi connectivity index (χ3n) is 2.33. The van der Waals surface area contributed by atoms with Crippen LogP contribution in [0.25, 0.3) is 0 Å². The van der Waals surface area contributed by atoms with Gasteiger partial charge in [0.1, 0.15) is 4.88 Å². The monoisotopic (exact) mass is 252 g/mol. The summed E-state index contributed by atoms with van der Waals surface area (Å²) in [5.41, 5.74) is 3.72. The van der Waals surface area contributed by atoms with Gasteiger partial charge in [0.05, 0.1) is 17.7 Å². The van der Waals surface area contributed by atoms with Gasteiger partial charge < -0.3 is 5.32 Å². The van der Waals surface area contributed by atoms with E-state index in [0.717, 1.165) is 5.69 Å². The van der Waals surface area contributed by atoms with Crippen LogP contribution in [0.4, 0.5) is 0 Å². The summed E-state index contributed by atoms with van der Waals surface area (Å²) in [6.45, 7) is 4.50. The van der Waals surface area contributed by atoms with Crippen LogP contribution >= 0.6 is 22.7 Å². The van der Waals surface area contributed by atoms with E-state index in [1.54, 1.807) is 16.8 Å². The summed E-state index contributed by atoms with van der Waals surface area (Å²) in [5, 5.41) is 4.95. The fourth-order valence-electron chi connectivity index (χ4n) is 1.35. The normalized spacial score (nSPS) is 10.4. The summed E-state index contributed by atoms with van der Waals surface area (Å²) in [7, 11) is 0. The molecule has 5 heteroatoms. The van der Waals surface area contributed by atoms with Gasteiger partial charge in [0.25, 0.3) is 5.91 Å². The van der Waals surface area contributed by atoms with Gasteiger partial charge in [0.2, 0.25) is 0 Å². The molecule has 0 saturated heterocycles. The van der Waals surface area contributed by atoms with E-state index in [9.17, 15) is 4.79 Å². The first-order chi connectivity index (χ1) is 7.68. The quantitative estimate of drug-likeness (QED) is 0.912. The van der Waals surface area contributed by atoms with Gasteiger partial charge in [-0.3, -0.25) is 4.79 Å². The number of aryl methyl sites for hydroxylation is 2. The summed E-state index contributed by atoms with van der Waals surface area (Å²) in [5.74, 6) is -0.0344. The molecule has 0 aliphatic carbocycles. The zero-order valence-corrected chi connectivity index (χ0v) is 10.7. The van der Waals surface area contributed by atoms with Gasteiger partial charge in [-0.05, 0) is 30.9 Å². The van der Waals surface area contributed by atoms with Crippen LogP contribution in [0.3, 0.4) is 0 Å². The van der Waals surface area contributed by atoms with Crippen LogP contribution in [0, 0.1) is 13.8 Å². The maximum absolute atomic E-state index is 11.8. The average molecular weight is 252 g/mol. The third-order valence-corrected chi connectivity index (χ3v) is 4.28. The van der Waals surface area contributed by atoms with Gasteiger partial charge >= 0.3 is 0 Å². The third kappa shape index (κ3) is 2.31. The molecule has 2 rings (SSSR count). The lowest BCUT2D eigenvalue weighted by molar-refractivity contribution is 0.0954. The molecule has 16 heavy (non-hydrogen) atoms. The van der Waals surface area contributed by atoms with Crippen LogP contribution in [0.5, 0.6) is 0 Å². The molecule has 0 radical (unpaired) electrons. The Kier molecular flexibility index (Phi) is 3.36. The van der Waals surface area contributed by atoms with Crippen molar-refractivity contribution in [2.24, 2.45) is 0 Å². The predicted octanol–water partition coefficient (Wildman–Crippen LogP) is 2.75. The van der Waals surface area contributed by atoms with Crippen molar-refractivity contribution >= 4 is 28.6 Å². The first-order valence-corrected chi connectivity index (χ1v) is 6.65. The number of nitrogens with one attached hydrogen (secondary N) is 1. The number of amides is 1. The molecule has 1 amide bonds. The highest BCUT2D eigenvalue weighted by Crippen LogP contribution is 2.16. The highest BCUT2D eigenvalue weighted by Gasteiger charge is 2.11. The molecule has 2 aromatic rings. The average Bonchev–Trinajstić information content (AvgIpc) is 2.84. The van der Waals surface area contributed by atoms with Crippen molar-refractivity contribution in [1.29, 1.82) is 0 Å². The minimum atomic E-state index is -0.0344. The number of rotatable bonds is 3. The molecule has 2 aromatic heterocycles. The molecule has 0 saturated carbocycles. The van der Waals surface area contributed by atoms with Crippen LogP contribution in [-0.4, -0.2) is 10.9 Å². The molecule has 0 unspecified atom stereocenters. The molecule has 0 aliphatic rings. The van der Waals surface area contributed by atoms with E-state index in [-0.39, 0.29) is 5.91 Å². The summed E-state index contributed by atoms with van der Waals surface area (Å²) < 4.78 is 0. The summed E-state index contributed by atoms with van der Waals surface area (Å²) in [4.78, 5) is 17.8. The number of aromatic nitrogens is 1. The predicted molar refractivity (Wildman–Crippen MR) is 67.1 cm³/mol. The van der Waals surface area contributed by atoms with Gasteiger partial charge in [-0.2, -0.15) is 0 Å². The second kappa shape index (κ2) is 4.76. The maximum atomic E-state index is 11.8. The lowest BCUT2D eigenvalue weighted by atomic mass is 10.3. The lowest BCUT2D eigenvalue weighted by Crippen LogP contribution is -2.22. The number of thiophene rings is 1. The molecule has 0 spiro atoms.